The summed E-state index contributed by atoms with van der Waals surface area (Å²) >= 11 is 0. The molecule has 0 saturated heterocycles. The van der Waals surface area contributed by atoms with Gasteiger partial charge in [0.2, 0.25) is 0 Å². The van der Waals surface area contributed by atoms with Crippen molar-refractivity contribution >= 4 is 5.97 Å². The van der Waals surface area contributed by atoms with Gasteiger partial charge >= 0.3 is 5.97 Å². The van der Waals surface area contributed by atoms with Gasteiger partial charge in [-0.2, -0.15) is 0 Å². The van der Waals surface area contributed by atoms with Crippen molar-refractivity contribution in [1.82, 2.24) is 0 Å². The van der Waals surface area contributed by atoms with Crippen molar-refractivity contribution < 1.29 is 43.1 Å². The predicted octanol–water partition coefficient (Wildman–Crippen LogP) is 3.06. The Labute approximate surface area is 215 Å². The third-order valence-corrected chi connectivity index (χ3v) is 7.66. The van der Waals surface area contributed by atoms with E-state index in [-0.39, 0.29) is 75.4 Å². The summed E-state index contributed by atoms with van der Waals surface area (Å²) in [6.07, 6.45) is 7.43. The lowest BCUT2D eigenvalue weighted by Crippen LogP contribution is -2.38. The molecule has 1 saturated carbocycles. The maximum absolute atomic E-state index is 13.0. The fourth-order valence-corrected chi connectivity index (χ4v) is 6.13. The lowest BCUT2D eigenvalue weighted by molar-refractivity contribution is -0.141. The summed E-state index contributed by atoms with van der Waals surface area (Å²) in [6.45, 7) is 4.72. The van der Waals surface area contributed by atoms with Crippen LogP contribution in [0.15, 0.2) is 23.8 Å². The minimum absolute atomic E-state index is 0.0257. The Bertz CT molecular complexity index is 739. The summed E-state index contributed by atoms with van der Waals surface area (Å²) in [5.74, 6) is 0.456. The van der Waals surface area contributed by atoms with Gasteiger partial charge < -0.3 is 38.3 Å². The summed E-state index contributed by atoms with van der Waals surface area (Å²) in [5, 5.41) is 11.3. The minimum Gasteiger partial charge on any atom is -0.463 e. The number of esters is 1. The molecule has 0 unspecified atom stereocenters. The van der Waals surface area contributed by atoms with Crippen LogP contribution in [0, 0.1) is 29.6 Å². The van der Waals surface area contributed by atoms with Crippen LogP contribution in [0.25, 0.3) is 0 Å². The van der Waals surface area contributed by atoms with Gasteiger partial charge in [0.25, 0.3) is 0 Å². The van der Waals surface area contributed by atoms with E-state index in [9.17, 15) is 9.90 Å². The number of methoxy groups -OCH3 is 3. The molecule has 0 spiro atoms. The molecule has 1 N–H and O–H groups in total. The van der Waals surface area contributed by atoms with Gasteiger partial charge in [0.05, 0.1) is 36.6 Å². The number of carbonyl (C=O) groups excluding carboxylic acids is 1. The average molecular weight is 513 g/mol. The normalized spacial score (nSPS) is 38.1. The highest BCUT2D eigenvalue weighted by Crippen LogP contribution is 2.50. The predicted molar refractivity (Wildman–Crippen MR) is 132 cm³/mol. The van der Waals surface area contributed by atoms with E-state index in [0.29, 0.717) is 17.9 Å². The zero-order chi connectivity index (χ0) is 26.1. The van der Waals surface area contributed by atoms with E-state index in [1.165, 1.54) is 0 Å². The highest BCUT2D eigenvalue weighted by atomic mass is 16.7. The summed E-state index contributed by atoms with van der Waals surface area (Å²) in [7, 11) is 4.79. The van der Waals surface area contributed by atoms with Crippen LogP contribution in [0.4, 0.5) is 0 Å². The molecule has 0 heterocycles. The van der Waals surface area contributed by atoms with Crippen LogP contribution in [-0.2, 0) is 38.0 Å². The van der Waals surface area contributed by atoms with Crippen LogP contribution in [0.3, 0.4) is 0 Å². The molecular weight excluding hydrogens is 468 g/mol. The molecule has 3 aliphatic rings. The number of hydrogen-bond acceptors (Lipinski definition) is 9. The largest absolute Gasteiger partial charge is 0.463 e. The van der Waals surface area contributed by atoms with Crippen LogP contribution in [-0.4, -0.2) is 83.8 Å². The highest BCUT2D eigenvalue weighted by Gasteiger charge is 2.48. The average Bonchev–Trinajstić information content (AvgIpc) is 3.18. The molecule has 0 aromatic rings. The smallest absolute Gasteiger partial charge is 0.336 e. The van der Waals surface area contributed by atoms with E-state index in [1.807, 2.05) is 6.08 Å². The number of aliphatic hydroxyl groups is 1. The number of hydrogen-bond donors (Lipinski definition) is 1. The second-order valence-corrected chi connectivity index (χ2v) is 10.1. The Hall–Kier alpha value is -1.33. The first-order chi connectivity index (χ1) is 17.4. The van der Waals surface area contributed by atoms with Crippen molar-refractivity contribution in [3.63, 3.8) is 0 Å². The number of fused-ring (bicyclic) bond motifs is 3. The van der Waals surface area contributed by atoms with E-state index in [0.717, 1.165) is 12.8 Å². The standard InChI is InChI=1S/C27H44O9/c1-6-33-27(29)24-13-22-18(7-8-21-23(22)9-17(2)26(21)36-16-32-5)10-19(34-14-30-3)11-20(12-25(24)28)35-15-31-4/h7-8,13,17-23,25-26,28H,6,9-12,14-16H2,1-5H3/b24-13-/t17-,18+,19+,20+,21-,22-,23-,25+,26-/m0/s1. The van der Waals surface area contributed by atoms with Crippen molar-refractivity contribution in [3.8, 4) is 0 Å². The van der Waals surface area contributed by atoms with Crippen molar-refractivity contribution in [2.45, 2.75) is 63.9 Å². The summed E-state index contributed by atoms with van der Waals surface area (Å²) in [5.41, 5.74) is 0.303. The Morgan fingerprint density at radius 3 is 2.17 bits per heavy atom. The second kappa shape index (κ2) is 14.6. The Morgan fingerprint density at radius 2 is 1.53 bits per heavy atom. The van der Waals surface area contributed by atoms with E-state index >= 15 is 0 Å². The van der Waals surface area contributed by atoms with Gasteiger partial charge in [-0.3, -0.25) is 0 Å². The van der Waals surface area contributed by atoms with Gasteiger partial charge in [-0.25, -0.2) is 4.79 Å². The molecule has 0 bridgehead atoms. The first-order valence-corrected chi connectivity index (χ1v) is 13.0. The van der Waals surface area contributed by atoms with Gasteiger partial charge in [0.15, 0.2) is 0 Å². The lowest BCUT2D eigenvalue weighted by Gasteiger charge is -2.39. The van der Waals surface area contributed by atoms with Crippen molar-refractivity contribution in [1.29, 1.82) is 0 Å². The molecule has 206 valence electrons. The van der Waals surface area contributed by atoms with Crippen molar-refractivity contribution in [2.24, 2.45) is 29.6 Å². The van der Waals surface area contributed by atoms with Gasteiger partial charge in [0, 0.05) is 40.1 Å². The molecule has 0 amide bonds. The van der Waals surface area contributed by atoms with Crippen molar-refractivity contribution in [2.75, 3.05) is 48.3 Å². The van der Waals surface area contributed by atoms with Gasteiger partial charge in [0.1, 0.15) is 20.4 Å². The molecule has 9 heteroatoms. The molecule has 0 radical (unpaired) electrons. The zero-order valence-corrected chi connectivity index (χ0v) is 22.3. The molecule has 36 heavy (non-hydrogen) atoms. The first kappa shape index (κ1) is 29.2. The Balaban J connectivity index is 1.98. The molecular formula is C27H44O9. The van der Waals surface area contributed by atoms with Crippen LogP contribution in [0.1, 0.15) is 39.5 Å². The molecule has 3 aliphatic carbocycles. The van der Waals surface area contributed by atoms with Crippen LogP contribution in [0.5, 0.6) is 0 Å². The second-order valence-electron chi connectivity index (χ2n) is 10.1. The van der Waals surface area contributed by atoms with E-state index in [2.05, 4.69) is 19.1 Å². The third-order valence-electron chi connectivity index (χ3n) is 7.66. The molecule has 0 aromatic carbocycles. The van der Waals surface area contributed by atoms with Crippen LogP contribution >= 0.6 is 0 Å². The lowest BCUT2D eigenvalue weighted by atomic mass is 9.68. The molecule has 3 rings (SSSR count). The van der Waals surface area contributed by atoms with E-state index < -0.39 is 12.1 Å². The summed E-state index contributed by atoms with van der Waals surface area (Å²) in [6, 6.07) is 0. The number of rotatable bonds is 11. The fraction of sp³-hybridized carbons (Fsp3) is 0.815. The number of aliphatic hydroxyl groups excluding tert-OH is 1. The van der Waals surface area contributed by atoms with Crippen LogP contribution in [0.2, 0.25) is 0 Å². The van der Waals surface area contributed by atoms with Gasteiger partial charge in [-0.15, -0.1) is 0 Å². The molecule has 9 atom stereocenters. The van der Waals surface area contributed by atoms with Crippen molar-refractivity contribution in [3.05, 3.63) is 23.8 Å². The monoisotopic (exact) mass is 512 g/mol. The SMILES string of the molecule is CCOC(=O)/C1=C\[C@@H]2[C@H]3C[C@H](C)[C@H](OCOC)[C@H]3C=C[C@@H]2C[C@@H](OCOC)C[C@@H](OCOC)C[C@H]1O. The van der Waals surface area contributed by atoms with Crippen LogP contribution < -0.4 is 0 Å². The minimum atomic E-state index is -1.03. The highest BCUT2D eigenvalue weighted by molar-refractivity contribution is 5.89. The maximum atomic E-state index is 13.0. The first-order valence-electron chi connectivity index (χ1n) is 13.0. The topological polar surface area (TPSA) is 102 Å². The molecule has 9 nitrogen and oxygen atoms in total. The third kappa shape index (κ3) is 7.37. The number of allylic oxidation sites excluding steroid dienone is 2. The molecule has 0 aliphatic heterocycles. The van der Waals surface area contributed by atoms with Gasteiger partial charge in [-0.1, -0.05) is 25.2 Å². The Morgan fingerprint density at radius 1 is 0.889 bits per heavy atom. The number of ether oxygens (including phenoxy) is 7. The maximum Gasteiger partial charge on any atom is 0.336 e. The Kier molecular flexibility index (Phi) is 11.8. The number of carbonyl (C=O) groups is 1. The quantitative estimate of drug-likeness (QED) is 0.254. The fourth-order valence-electron chi connectivity index (χ4n) is 6.13. The van der Waals surface area contributed by atoms with E-state index in [1.54, 1.807) is 28.3 Å². The molecule has 0 aromatic heterocycles. The zero-order valence-electron chi connectivity index (χ0n) is 22.3. The van der Waals surface area contributed by atoms with Gasteiger partial charge in [-0.05, 0) is 43.4 Å². The van der Waals surface area contributed by atoms with E-state index in [4.69, 9.17) is 33.2 Å². The molecule has 1 fully saturated rings. The summed E-state index contributed by atoms with van der Waals surface area (Å²) in [4.78, 5) is 13.0. The summed E-state index contributed by atoms with van der Waals surface area (Å²) < 4.78 is 38.9.